The van der Waals surface area contributed by atoms with E-state index in [9.17, 15) is 27.2 Å². The highest BCUT2D eigenvalue weighted by Gasteiger charge is 2.39. The molecule has 0 unspecified atom stereocenters. The monoisotopic (exact) mass is 614 g/mol. The molecule has 1 saturated heterocycles. The quantitative estimate of drug-likeness (QED) is 0.132. The maximum Gasteiger partial charge on any atom is 0.419 e. The van der Waals surface area contributed by atoms with Gasteiger partial charge in [-0.2, -0.15) is 13.2 Å². The highest BCUT2D eigenvalue weighted by Crippen LogP contribution is 2.36. The number of benzene rings is 2. The number of carbonyl (C=O) groups is 2. The molecule has 4 rings (SSSR count). The minimum Gasteiger partial charge on any atom is -0.340 e. The summed E-state index contributed by atoms with van der Waals surface area (Å²) in [6, 6.07) is 11.7. The summed E-state index contributed by atoms with van der Waals surface area (Å²) in [7, 11) is 1.80. The van der Waals surface area contributed by atoms with Crippen LogP contribution in [0.25, 0.3) is 0 Å². The summed E-state index contributed by atoms with van der Waals surface area (Å²) in [6.07, 6.45) is -2.90. The third kappa shape index (κ3) is 7.43. The lowest BCUT2D eigenvalue weighted by atomic mass is 9.93. The Balaban J connectivity index is 1.44. The number of likely N-dealkylation sites (N-methyl/N-ethyl adjacent to an activating group) is 1. The number of ketones is 1. The molecule has 0 aliphatic carbocycles. The van der Waals surface area contributed by atoms with E-state index < -0.39 is 17.6 Å². The number of Topliss-reactive ketones (excluding diaryl/α,β-unsaturated/α-hetero) is 1. The Kier molecular flexibility index (Phi) is 9.93. The fourth-order valence-corrected chi connectivity index (χ4v) is 6.08. The standard InChI is InChI=1S/C29H28Cl2F4N2O2S/c1-36(15-18-8-10-21(24(32)13-18)29(33,34)35)25-17-37(16-20(25)19-9-11-22(30)23(31)14-19)28(39)7-3-2-5-26(38)27-6-4-12-40-27/h4,6,8-14,20,25H,2-3,5,7,15-17H2,1H3/t20-,25+/m1/s1. The predicted molar refractivity (Wildman–Crippen MR) is 150 cm³/mol. The molecular formula is C29H28Cl2F4N2O2S. The van der Waals surface area contributed by atoms with Gasteiger partial charge in [0.2, 0.25) is 5.91 Å². The van der Waals surface area contributed by atoms with Gasteiger partial charge in [-0.05, 0) is 66.7 Å². The van der Waals surface area contributed by atoms with E-state index in [1.165, 1.54) is 17.4 Å². The molecule has 0 radical (unpaired) electrons. The molecule has 1 aliphatic heterocycles. The SMILES string of the molecule is CN(Cc1ccc(C(F)(F)F)c(F)c1)[C@H]1CN(C(=O)CCCCC(=O)c2cccs2)C[C@@H]1c1ccc(Cl)c(Cl)c1. The lowest BCUT2D eigenvalue weighted by molar-refractivity contribution is -0.140. The van der Waals surface area contributed by atoms with Crippen molar-refractivity contribution < 1.29 is 27.2 Å². The number of halogens is 6. The summed E-state index contributed by atoms with van der Waals surface area (Å²) in [5.74, 6) is -1.43. The first-order chi connectivity index (χ1) is 18.9. The molecular weight excluding hydrogens is 587 g/mol. The Morgan fingerprint density at radius 3 is 2.42 bits per heavy atom. The van der Waals surface area contributed by atoms with Crippen molar-refractivity contribution in [2.24, 2.45) is 0 Å². The van der Waals surface area contributed by atoms with Gasteiger partial charge in [0.1, 0.15) is 5.82 Å². The molecule has 2 aromatic carbocycles. The van der Waals surface area contributed by atoms with Gasteiger partial charge < -0.3 is 4.90 Å². The summed E-state index contributed by atoms with van der Waals surface area (Å²) >= 11 is 13.8. The van der Waals surface area contributed by atoms with Gasteiger partial charge in [-0.1, -0.05) is 41.4 Å². The van der Waals surface area contributed by atoms with E-state index in [2.05, 4.69) is 0 Å². The van der Waals surface area contributed by atoms with Gasteiger partial charge in [0, 0.05) is 44.4 Å². The van der Waals surface area contributed by atoms with Crippen molar-refractivity contribution in [2.45, 2.75) is 50.4 Å². The average Bonchev–Trinajstić information content (AvgIpc) is 3.58. The number of alkyl halides is 3. The first-order valence-electron chi connectivity index (χ1n) is 12.8. The zero-order valence-electron chi connectivity index (χ0n) is 21.7. The van der Waals surface area contributed by atoms with Crippen LogP contribution in [0.4, 0.5) is 17.6 Å². The van der Waals surface area contributed by atoms with Crippen molar-refractivity contribution in [3.63, 3.8) is 0 Å². The van der Waals surface area contributed by atoms with E-state index in [4.69, 9.17) is 23.2 Å². The maximum atomic E-state index is 14.2. The largest absolute Gasteiger partial charge is 0.419 e. The molecule has 3 aromatic rings. The van der Waals surface area contributed by atoms with Gasteiger partial charge in [-0.25, -0.2) is 4.39 Å². The van der Waals surface area contributed by atoms with Gasteiger partial charge in [-0.15, -0.1) is 11.3 Å². The Morgan fingerprint density at radius 1 is 1.02 bits per heavy atom. The Bertz CT molecular complexity index is 1350. The van der Waals surface area contributed by atoms with Crippen molar-refractivity contribution >= 4 is 46.2 Å². The van der Waals surface area contributed by atoms with Crippen LogP contribution < -0.4 is 0 Å². The van der Waals surface area contributed by atoms with Crippen LogP contribution in [-0.2, 0) is 17.5 Å². The third-order valence-corrected chi connectivity index (χ3v) is 8.84. The second-order valence-corrected chi connectivity index (χ2v) is 11.7. The summed E-state index contributed by atoms with van der Waals surface area (Å²) in [4.78, 5) is 29.8. The zero-order valence-corrected chi connectivity index (χ0v) is 24.0. The smallest absolute Gasteiger partial charge is 0.340 e. The van der Waals surface area contributed by atoms with Crippen molar-refractivity contribution in [1.29, 1.82) is 0 Å². The number of thiophene rings is 1. The van der Waals surface area contributed by atoms with Crippen LogP contribution in [0.2, 0.25) is 10.0 Å². The second-order valence-electron chi connectivity index (χ2n) is 9.98. The Labute approximate surface area is 244 Å². The van der Waals surface area contributed by atoms with Gasteiger partial charge in [-0.3, -0.25) is 14.5 Å². The number of nitrogens with zero attached hydrogens (tertiary/aromatic N) is 2. The van der Waals surface area contributed by atoms with E-state index in [0.29, 0.717) is 59.3 Å². The van der Waals surface area contributed by atoms with Gasteiger partial charge in [0.05, 0.1) is 20.5 Å². The minimum atomic E-state index is -4.77. The molecule has 11 heteroatoms. The first kappa shape index (κ1) is 30.5. The summed E-state index contributed by atoms with van der Waals surface area (Å²) in [6.45, 7) is 0.989. The fourth-order valence-electron chi connectivity index (χ4n) is 5.08. The molecule has 0 saturated carbocycles. The van der Waals surface area contributed by atoms with E-state index in [-0.39, 0.29) is 30.2 Å². The van der Waals surface area contributed by atoms with E-state index in [1.54, 1.807) is 30.1 Å². The topological polar surface area (TPSA) is 40.6 Å². The number of hydrogen-bond donors (Lipinski definition) is 0. The molecule has 214 valence electrons. The molecule has 1 aromatic heterocycles. The van der Waals surface area contributed by atoms with Gasteiger partial charge in [0.25, 0.3) is 0 Å². The second kappa shape index (κ2) is 13.0. The maximum absolute atomic E-state index is 14.2. The number of hydrogen-bond acceptors (Lipinski definition) is 4. The number of unbranched alkanes of at least 4 members (excludes halogenated alkanes) is 1. The highest BCUT2D eigenvalue weighted by molar-refractivity contribution is 7.12. The van der Waals surface area contributed by atoms with Crippen molar-refractivity contribution in [3.05, 3.63) is 91.3 Å². The van der Waals surface area contributed by atoms with Crippen LogP contribution in [0.1, 0.15) is 58.0 Å². The Morgan fingerprint density at radius 2 is 1.77 bits per heavy atom. The van der Waals surface area contributed by atoms with E-state index in [1.807, 2.05) is 22.4 Å². The lowest BCUT2D eigenvalue weighted by Gasteiger charge is -2.29. The molecule has 1 amide bonds. The highest BCUT2D eigenvalue weighted by atomic mass is 35.5. The van der Waals surface area contributed by atoms with Crippen LogP contribution in [0.15, 0.2) is 53.9 Å². The molecule has 40 heavy (non-hydrogen) atoms. The van der Waals surface area contributed by atoms with E-state index >= 15 is 0 Å². The molecule has 0 spiro atoms. The van der Waals surface area contributed by atoms with Crippen molar-refractivity contribution in [3.8, 4) is 0 Å². The third-order valence-electron chi connectivity index (χ3n) is 7.19. The summed E-state index contributed by atoms with van der Waals surface area (Å²) in [5.41, 5.74) is -0.0370. The number of likely N-dealkylation sites (tertiary alicyclic amines) is 1. The van der Waals surface area contributed by atoms with Crippen LogP contribution in [0, 0.1) is 5.82 Å². The Hall–Kier alpha value is -2.46. The van der Waals surface area contributed by atoms with Crippen LogP contribution >= 0.6 is 34.5 Å². The van der Waals surface area contributed by atoms with Crippen LogP contribution in [-0.4, -0.2) is 47.7 Å². The normalized spacial score (nSPS) is 17.6. The summed E-state index contributed by atoms with van der Waals surface area (Å²) < 4.78 is 53.2. The van der Waals surface area contributed by atoms with Gasteiger partial charge >= 0.3 is 6.18 Å². The molecule has 1 fully saturated rings. The minimum absolute atomic E-state index is 0.0369. The average molecular weight is 616 g/mol. The molecule has 2 heterocycles. The van der Waals surface area contributed by atoms with Gasteiger partial charge in [0.15, 0.2) is 5.78 Å². The first-order valence-corrected chi connectivity index (χ1v) is 14.4. The molecule has 4 nitrogen and oxygen atoms in total. The molecule has 0 N–H and O–H groups in total. The predicted octanol–water partition coefficient (Wildman–Crippen LogP) is 8.08. The van der Waals surface area contributed by atoms with Crippen LogP contribution in [0.3, 0.4) is 0 Å². The molecule has 0 bridgehead atoms. The van der Waals surface area contributed by atoms with Crippen LogP contribution in [0.5, 0.6) is 0 Å². The number of carbonyl (C=O) groups excluding carboxylic acids is 2. The fraction of sp³-hybridized carbons (Fsp3) is 0.379. The number of amides is 1. The summed E-state index contributed by atoms with van der Waals surface area (Å²) in [5, 5.41) is 2.64. The van der Waals surface area contributed by atoms with E-state index in [0.717, 1.165) is 17.7 Å². The molecule has 1 aliphatic rings. The zero-order chi connectivity index (χ0) is 29.0. The number of rotatable bonds is 10. The molecule has 2 atom stereocenters. The van der Waals surface area contributed by atoms with Crippen molar-refractivity contribution in [1.82, 2.24) is 9.80 Å². The van der Waals surface area contributed by atoms with Crippen molar-refractivity contribution in [2.75, 3.05) is 20.1 Å². The lowest BCUT2D eigenvalue weighted by Crippen LogP contribution is -2.38.